The second kappa shape index (κ2) is 8.03. The molecule has 10 heteroatoms. The van der Waals surface area contributed by atoms with Crippen LogP contribution in [0.3, 0.4) is 0 Å². The number of halogens is 4. The zero-order valence-electron chi connectivity index (χ0n) is 15.1. The average Bonchev–Trinajstić information content (AvgIpc) is 3.18. The predicted molar refractivity (Wildman–Crippen MR) is 106 cm³/mol. The monoisotopic (exact) mass is 431 g/mol. The molecule has 30 heavy (non-hydrogen) atoms. The predicted octanol–water partition coefficient (Wildman–Crippen LogP) is 6.07. The zero-order valence-corrected chi connectivity index (χ0v) is 15.9. The first-order valence-corrected chi connectivity index (χ1v) is 9.01. The lowest BCUT2D eigenvalue weighted by molar-refractivity contribution is -0.137. The molecule has 0 unspecified atom stereocenters. The number of nitrogens with zero attached hydrogens (tertiary/aromatic N) is 3. The number of nitrogens with one attached hydrogen (secondary N) is 2. The summed E-state index contributed by atoms with van der Waals surface area (Å²) in [5.41, 5.74) is -0.0757. The van der Waals surface area contributed by atoms with Crippen molar-refractivity contribution >= 4 is 23.2 Å². The number of aromatic amines is 1. The third-order valence-corrected chi connectivity index (χ3v) is 4.34. The maximum atomic E-state index is 13.0. The largest absolute Gasteiger partial charge is 0.457 e. The minimum absolute atomic E-state index is 0.171. The normalized spacial score (nSPS) is 11.3. The Morgan fingerprint density at radius 1 is 0.933 bits per heavy atom. The SMILES string of the molecule is FC(F)(F)c1cc(Nc2nnc(-c3cccc(Oc4ccncc4)c3)[nH]2)ccc1Cl. The van der Waals surface area contributed by atoms with E-state index < -0.39 is 11.7 Å². The highest BCUT2D eigenvalue weighted by atomic mass is 35.5. The van der Waals surface area contributed by atoms with Gasteiger partial charge in [0.25, 0.3) is 0 Å². The second-order valence-electron chi connectivity index (χ2n) is 6.15. The Morgan fingerprint density at radius 3 is 2.50 bits per heavy atom. The van der Waals surface area contributed by atoms with Gasteiger partial charge in [-0.1, -0.05) is 23.7 Å². The molecule has 0 radical (unpaired) electrons. The Hall–Kier alpha value is -3.59. The number of aromatic nitrogens is 4. The fourth-order valence-corrected chi connectivity index (χ4v) is 2.88. The van der Waals surface area contributed by atoms with Crippen LogP contribution in [0.1, 0.15) is 5.56 Å². The number of hydrogen-bond acceptors (Lipinski definition) is 5. The van der Waals surface area contributed by atoms with Crippen LogP contribution in [0.4, 0.5) is 24.8 Å². The fraction of sp³-hybridized carbons (Fsp3) is 0.0500. The van der Waals surface area contributed by atoms with Gasteiger partial charge in [-0.3, -0.25) is 4.98 Å². The van der Waals surface area contributed by atoms with Gasteiger partial charge in [0.15, 0.2) is 5.82 Å². The van der Waals surface area contributed by atoms with Crippen LogP contribution in [0.25, 0.3) is 11.4 Å². The van der Waals surface area contributed by atoms with E-state index >= 15 is 0 Å². The summed E-state index contributed by atoms with van der Waals surface area (Å²) < 4.78 is 44.8. The maximum absolute atomic E-state index is 13.0. The molecule has 2 heterocycles. The summed E-state index contributed by atoms with van der Waals surface area (Å²) >= 11 is 5.64. The molecule has 6 nitrogen and oxygen atoms in total. The van der Waals surface area contributed by atoms with E-state index in [0.717, 1.165) is 6.07 Å². The quantitative estimate of drug-likeness (QED) is 0.401. The molecule has 0 amide bonds. The van der Waals surface area contributed by atoms with Gasteiger partial charge in [0.05, 0.1) is 10.6 Å². The number of alkyl halides is 3. The van der Waals surface area contributed by atoms with Crippen LogP contribution in [0.5, 0.6) is 11.5 Å². The Labute approximate surface area is 173 Å². The number of benzene rings is 2. The Kier molecular flexibility index (Phi) is 5.28. The van der Waals surface area contributed by atoms with E-state index in [1.807, 2.05) is 0 Å². The number of pyridine rings is 1. The summed E-state index contributed by atoms with van der Waals surface area (Å²) in [5.74, 6) is 1.81. The van der Waals surface area contributed by atoms with Crippen LogP contribution in [-0.4, -0.2) is 20.2 Å². The number of anilines is 2. The van der Waals surface area contributed by atoms with Crippen LogP contribution in [0, 0.1) is 0 Å². The summed E-state index contributed by atoms with van der Waals surface area (Å²) in [7, 11) is 0. The average molecular weight is 432 g/mol. The smallest absolute Gasteiger partial charge is 0.417 e. The standard InChI is InChI=1S/C20H13ClF3N5O/c21-17-5-4-13(11-16(17)20(22,23)24)26-19-27-18(28-29-19)12-2-1-3-15(10-12)30-14-6-8-25-9-7-14/h1-11H,(H2,26,27,28,29). The lowest BCUT2D eigenvalue weighted by Crippen LogP contribution is -2.06. The van der Waals surface area contributed by atoms with Gasteiger partial charge in [0.2, 0.25) is 5.95 Å². The Bertz CT molecular complexity index is 1160. The number of ether oxygens (including phenoxy) is 1. The first-order valence-electron chi connectivity index (χ1n) is 8.63. The van der Waals surface area contributed by atoms with E-state index in [9.17, 15) is 13.2 Å². The highest BCUT2D eigenvalue weighted by molar-refractivity contribution is 6.31. The molecule has 2 aromatic carbocycles. The third kappa shape index (κ3) is 4.52. The van der Waals surface area contributed by atoms with Crippen LogP contribution in [0.15, 0.2) is 67.0 Å². The summed E-state index contributed by atoms with van der Waals surface area (Å²) in [4.78, 5) is 6.86. The molecule has 2 aromatic heterocycles. The molecule has 0 spiro atoms. The van der Waals surface area contributed by atoms with Crippen molar-refractivity contribution in [3.8, 4) is 22.9 Å². The fourth-order valence-electron chi connectivity index (χ4n) is 2.65. The van der Waals surface area contributed by atoms with Gasteiger partial charge in [0.1, 0.15) is 11.5 Å². The molecular formula is C20H13ClF3N5O. The molecule has 0 bridgehead atoms. The molecule has 0 aliphatic heterocycles. The van der Waals surface area contributed by atoms with Crippen molar-refractivity contribution in [3.05, 3.63) is 77.6 Å². The molecular weight excluding hydrogens is 419 g/mol. The van der Waals surface area contributed by atoms with Gasteiger partial charge in [-0.05, 0) is 42.5 Å². The lowest BCUT2D eigenvalue weighted by Gasteiger charge is -2.11. The van der Waals surface area contributed by atoms with Crippen LogP contribution >= 0.6 is 11.6 Å². The van der Waals surface area contributed by atoms with Crippen molar-refractivity contribution in [2.45, 2.75) is 6.18 Å². The third-order valence-electron chi connectivity index (χ3n) is 4.01. The van der Waals surface area contributed by atoms with Gasteiger partial charge in [-0.25, -0.2) is 0 Å². The van der Waals surface area contributed by atoms with Gasteiger partial charge in [0, 0.05) is 23.6 Å². The number of hydrogen-bond donors (Lipinski definition) is 2. The maximum Gasteiger partial charge on any atom is 0.417 e. The summed E-state index contributed by atoms with van der Waals surface area (Å²) in [6.07, 6.45) is -1.32. The highest BCUT2D eigenvalue weighted by Gasteiger charge is 2.33. The van der Waals surface area contributed by atoms with Crippen molar-refractivity contribution in [3.63, 3.8) is 0 Å². The molecule has 0 saturated heterocycles. The van der Waals surface area contributed by atoms with E-state index in [1.165, 1.54) is 12.1 Å². The van der Waals surface area contributed by atoms with Crippen LogP contribution in [0.2, 0.25) is 5.02 Å². The van der Waals surface area contributed by atoms with E-state index in [4.69, 9.17) is 16.3 Å². The first kappa shape index (κ1) is 19.7. The molecule has 2 N–H and O–H groups in total. The summed E-state index contributed by atoms with van der Waals surface area (Å²) in [5, 5.41) is 10.4. The van der Waals surface area contributed by atoms with E-state index in [2.05, 4.69) is 25.5 Å². The van der Waals surface area contributed by atoms with Crippen molar-refractivity contribution < 1.29 is 17.9 Å². The molecule has 4 rings (SSSR count). The first-order chi connectivity index (χ1) is 14.4. The van der Waals surface area contributed by atoms with Gasteiger partial charge in [-0.2, -0.15) is 13.2 Å². The van der Waals surface area contributed by atoms with E-state index in [-0.39, 0.29) is 16.7 Å². The van der Waals surface area contributed by atoms with Crippen molar-refractivity contribution in [2.24, 2.45) is 0 Å². The number of H-pyrrole nitrogens is 1. The molecule has 0 aliphatic carbocycles. The minimum atomic E-state index is -4.56. The molecule has 4 aromatic rings. The number of rotatable bonds is 5. The highest BCUT2D eigenvalue weighted by Crippen LogP contribution is 2.36. The molecule has 152 valence electrons. The summed E-state index contributed by atoms with van der Waals surface area (Å²) in [6.45, 7) is 0. The summed E-state index contributed by atoms with van der Waals surface area (Å²) in [6, 6.07) is 14.1. The molecule has 0 fully saturated rings. The van der Waals surface area contributed by atoms with Crippen LogP contribution in [-0.2, 0) is 6.18 Å². The van der Waals surface area contributed by atoms with Gasteiger partial charge in [-0.15, -0.1) is 10.2 Å². The van der Waals surface area contributed by atoms with Crippen LogP contribution < -0.4 is 10.1 Å². The second-order valence-corrected chi connectivity index (χ2v) is 6.56. The molecule has 0 aliphatic rings. The van der Waals surface area contributed by atoms with Crippen molar-refractivity contribution in [1.29, 1.82) is 0 Å². The Morgan fingerprint density at radius 2 is 1.73 bits per heavy atom. The van der Waals surface area contributed by atoms with E-state index in [1.54, 1.807) is 48.8 Å². The van der Waals surface area contributed by atoms with Gasteiger partial charge < -0.3 is 15.0 Å². The van der Waals surface area contributed by atoms with E-state index in [0.29, 0.717) is 22.9 Å². The molecule has 0 atom stereocenters. The molecule has 0 saturated carbocycles. The topological polar surface area (TPSA) is 75.7 Å². The van der Waals surface area contributed by atoms with Crippen molar-refractivity contribution in [1.82, 2.24) is 20.2 Å². The Balaban J connectivity index is 1.53. The lowest BCUT2D eigenvalue weighted by atomic mass is 10.2. The van der Waals surface area contributed by atoms with Gasteiger partial charge >= 0.3 is 6.18 Å². The minimum Gasteiger partial charge on any atom is -0.457 e. The zero-order chi connectivity index (χ0) is 21.1. The van der Waals surface area contributed by atoms with Crippen molar-refractivity contribution in [2.75, 3.05) is 5.32 Å².